The van der Waals surface area contributed by atoms with Gasteiger partial charge in [0.15, 0.2) is 0 Å². The van der Waals surface area contributed by atoms with Gasteiger partial charge in [-0.05, 0) is 18.1 Å². The van der Waals surface area contributed by atoms with Gasteiger partial charge >= 0.3 is 0 Å². The molecule has 102 valence electrons. The van der Waals surface area contributed by atoms with E-state index in [0.717, 1.165) is 37.5 Å². The molecule has 19 heavy (non-hydrogen) atoms. The molecule has 0 bridgehead atoms. The van der Waals surface area contributed by atoms with E-state index in [2.05, 4.69) is 16.6 Å². The van der Waals surface area contributed by atoms with Crippen LogP contribution in [0.5, 0.6) is 5.75 Å². The standard InChI is InChI=1S/C14H19N3O2/c1-18-14-12(3-2-4-13(14)15)10-7-16-17(8-10)11-5-6-19-9-11/h2-4,8,11,16H,5-7,9,15H2,1H3/t11-/m1/s1. The number of nitrogens with one attached hydrogen (secondary N) is 1. The van der Waals surface area contributed by atoms with E-state index in [9.17, 15) is 0 Å². The molecule has 1 saturated heterocycles. The summed E-state index contributed by atoms with van der Waals surface area (Å²) < 4.78 is 10.8. The molecular weight excluding hydrogens is 242 g/mol. The molecule has 0 aliphatic carbocycles. The molecule has 2 heterocycles. The highest BCUT2D eigenvalue weighted by Crippen LogP contribution is 2.33. The van der Waals surface area contributed by atoms with Crippen LogP contribution in [0, 0.1) is 0 Å². The maximum absolute atomic E-state index is 5.95. The van der Waals surface area contributed by atoms with Crippen LogP contribution in [0.3, 0.4) is 0 Å². The molecule has 1 aromatic rings. The first kappa shape index (κ1) is 12.3. The molecule has 5 nitrogen and oxygen atoms in total. The van der Waals surface area contributed by atoms with Crippen LogP contribution < -0.4 is 15.9 Å². The Bertz CT molecular complexity index is 495. The number of anilines is 1. The van der Waals surface area contributed by atoms with E-state index in [1.54, 1.807) is 7.11 Å². The molecule has 1 fully saturated rings. The maximum atomic E-state index is 5.95. The van der Waals surface area contributed by atoms with Crippen LogP contribution in [0.15, 0.2) is 24.4 Å². The van der Waals surface area contributed by atoms with Crippen LogP contribution >= 0.6 is 0 Å². The summed E-state index contributed by atoms with van der Waals surface area (Å²) in [4.78, 5) is 0. The summed E-state index contributed by atoms with van der Waals surface area (Å²) in [5, 5.41) is 2.14. The van der Waals surface area contributed by atoms with Gasteiger partial charge < -0.3 is 20.2 Å². The number of methoxy groups -OCH3 is 1. The van der Waals surface area contributed by atoms with Gasteiger partial charge in [-0.2, -0.15) is 0 Å². The van der Waals surface area contributed by atoms with E-state index < -0.39 is 0 Å². The number of hydrazine groups is 1. The van der Waals surface area contributed by atoms with Crippen molar-refractivity contribution in [2.75, 3.05) is 32.6 Å². The minimum atomic E-state index is 0.421. The van der Waals surface area contributed by atoms with Crippen molar-refractivity contribution in [1.82, 2.24) is 10.4 Å². The van der Waals surface area contributed by atoms with Crippen molar-refractivity contribution < 1.29 is 9.47 Å². The Morgan fingerprint density at radius 2 is 2.37 bits per heavy atom. The van der Waals surface area contributed by atoms with E-state index in [4.69, 9.17) is 15.2 Å². The molecule has 5 heteroatoms. The fourth-order valence-corrected chi connectivity index (χ4v) is 2.61. The van der Waals surface area contributed by atoms with Crippen LogP contribution in [0.1, 0.15) is 12.0 Å². The third-order valence-corrected chi connectivity index (χ3v) is 3.64. The third kappa shape index (κ3) is 2.27. The SMILES string of the molecule is COc1c(N)cccc1C1=CN([C@@H]2CCOC2)NC1. The average molecular weight is 261 g/mol. The van der Waals surface area contributed by atoms with Crippen molar-refractivity contribution in [2.45, 2.75) is 12.5 Å². The molecule has 0 saturated carbocycles. The fourth-order valence-electron chi connectivity index (χ4n) is 2.61. The highest BCUT2D eigenvalue weighted by molar-refractivity contribution is 5.77. The van der Waals surface area contributed by atoms with Gasteiger partial charge in [0.1, 0.15) is 5.75 Å². The van der Waals surface area contributed by atoms with Crippen LogP contribution in [-0.4, -0.2) is 37.9 Å². The Labute approximate surface area is 112 Å². The highest BCUT2D eigenvalue weighted by Gasteiger charge is 2.26. The van der Waals surface area contributed by atoms with Crippen molar-refractivity contribution in [3.63, 3.8) is 0 Å². The van der Waals surface area contributed by atoms with Gasteiger partial charge in [0, 0.05) is 24.9 Å². The van der Waals surface area contributed by atoms with Gasteiger partial charge in [-0.25, -0.2) is 5.43 Å². The number of nitrogens with two attached hydrogens (primary N) is 1. The summed E-state index contributed by atoms with van der Waals surface area (Å²) in [6.45, 7) is 2.41. The third-order valence-electron chi connectivity index (χ3n) is 3.64. The van der Waals surface area contributed by atoms with Crippen molar-refractivity contribution in [3.05, 3.63) is 30.0 Å². The lowest BCUT2D eigenvalue weighted by molar-refractivity contribution is 0.153. The lowest BCUT2D eigenvalue weighted by Gasteiger charge is -2.21. The first-order valence-corrected chi connectivity index (χ1v) is 6.52. The zero-order chi connectivity index (χ0) is 13.2. The predicted molar refractivity (Wildman–Crippen MR) is 74.4 cm³/mol. The van der Waals surface area contributed by atoms with E-state index in [0.29, 0.717) is 11.7 Å². The van der Waals surface area contributed by atoms with E-state index >= 15 is 0 Å². The topological polar surface area (TPSA) is 59.8 Å². The molecule has 3 N–H and O–H groups in total. The number of para-hydroxylation sites is 1. The van der Waals surface area contributed by atoms with Crippen molar-refractivity contribution >= 4 is 11.3 Å². The lowest BCUT2D eigenvalue weighted by atomic mass is 10.1. The number of rotatable bonds is 3. The number of hydrogen-bond acceptors (Lipinski definition) is 5. The summed E-state index contributed by atoms with van der Waals surface area (Å²) >= 11 is 0. The van der Waals surface area contributed by atoms with E-state index in [1.807, 2.05) is 18.2 Å². The summed E-state index contributed by atoms with van der Waals surface area (Å²) in [6.07, 6.45) is 3.20. The molecule has 0 unspecified atom stereocenters. The lowest BCUT2D eigenvalue weighted by Crippen LogP contribution is -2.38. The average Bonchev–Trinajstić information content (AvgIpc) is 3.09. The summed E-state index contributed by atoms with van der Waals surface area (Å²) in [6, 6.07) is 6.27. The highest BCUT2D eigenvalue weighted by atomic mass is 16.5. The molecule has 0 radical (unpaired) electrons. The zero-order valence-electron chi connectivity index (χ0n) is 11.1. The Morgan fingerprint density at radius 3 is 3.11 bits per heavy atom. The molecular formula is C14H19N3O2. The first-order chi connectivity index (χ1) is 9.29. The van der Waals surface area contributed by atoms with Crippen LogP contribution in [0.2, 0.25) is 0 Å². The van der Waals surface area contributed by atoms with Crippen molar-refractivity contribution in [1.29, 1.82) is 0 Å². The molecule has 0 aromatic heterocycles. The Kier molecular flexibility index (Phi) is 3.31. The zero-order valence-corrected chi connectivity index (χ0v) is 11.1. The van der Waals surface area contributed by atoms with Crippen molar-refractivity contribution in [2.24, 2.45) is 0 Å². The Balaban J connectivity index is 1.86. The van der Waals surface area contributed by atoms with Gasteiger partial charge in [-0.1, -0.05) is 12.1 Å². The second-order valence-electron chi connectivity index (χ2n) is 4.84. The molecule has 3 rings (SSSR count). The molecule has 2 aliphatic rings. The van der Waals surface area contributed by atoms with Crippen LogP contribution in [-0.2, 0) is 4.74 Å². The minimum absolute atomic E-state index is 0.421. The smallest absolute Gasteiger partial charge is 0.149 e. The largest absolute Gasteiger partial charge is 0.494 e. The first-order valence-electron chi connectivity index (χ1n) is 6.52. The molecule has 0 spiro atoms. The second kappa shape index (κ2) is 5.11. The molecule has 2 aliphatic heterocycles. The second-order valence-corrected chi connectivity index (χ2v) is 4.84. The summed E-state index contributed by atoms with van der Waals surface area (Å²) in [7, 11) is 1.65. The van der Waals surface area contributed by atoms with Gasteiger partial charge in [-0.3, -0.25) is 0 Å². The number of hydrogen-bond donors (Lipinski definition) is 2. The van der Waals surface area contributed by atoms with Gasteiger partial charge in [-0.15, -0.1) is 0 Å². The number of ether oxygens (including phenoxy) is 2. The number of nitrogen functional groups attached to an aromatic ring is 1. The fraction of sp³-hybridized carbons (Fsp3) is 0.429. The quantitative estimate of drug-likeness (QED) is 0.801. The van der Waals surface area contributed by atoms with Crippen LogP contribution in [0.4, 0.5) is 5.69 Å². The van der Waals surface area contributed by atoms with E-state index in [1.165, 1.54) is 5.57 Å². The number of nitrogens with zero attached hydrogens (tertiary/aromatic N) is 1. The minimum Gasteiger partial charge on any atom is -0.494 e. The Morgan fingerprint density at radius 1 is 1.47 bits per heavy atom. The number of benzene rings is 1. The summed E-state index contributed by atoms with van der Waals surface area (Å²) in [5.41, 5.74) is 12.2. The maximum Gasteiger partial charge on any atom is 0.149 e. The predicted octanol–water partition coefficient (Wildman–Crippen LogP) is 1.23. The van der Waals surface area contributed by atoms with Gasteiger partial charge in [0.25, 0.3) is 0 Å². The van der Waals surface area contributed by atoms with Gasteiger partial charge in [0.2, 0.25) is 0 Å². The van der Waals surface area contributed by atoms with Crippen molar-refractivity contribution in [3.8, 4) is 5.75 Å². The van der Waals surface area contributed by atoms with E-state index in [-0.39, 0.29) is 0 Å². The summed E-state index contributed by atoms with van der Waals surface area (Å²) in [5.74, 6) is 0.750. The molecule has 0 amide bonds. The van der Waals surface area contributed by atoms with Crippen LogP contribution in [0.25, 0.3) is 5.57 Å². The van der Waals surface area contributed by atoms with Gasteiger partial charge in [0.05, 0.1) is 25.4 Å². The Hall–Kier alpha value is -1.72. The monoisotopic (exact) mass is 261 g/mol. The molecule has 1 atom stereocenters. The normalized spacial score (nSPS) is 22.7. The molecule has 1 aromatic carbocycles.